The number of rotatable bonds is 4. The van der Waals surface area contributed by atoms with Crippen molar-refractivity contribution in [3.8, 4) is 0 Å². The van der Waals surface area contributed by atoms with Gasteiger partial charge in [0.05, 0.1) is 0 Å². The molecule has 0 aliphatic carbocycles. The van der Waals surface area contributed by atoms with E-state index in [9.17, 15) is 18.0 Å². The van der Waals surface area contributed by atoms with E-state index in [1.807, 2.05) is 30.3 Å². The molecule has 3 aromatic carbocycles. The summed E-state index contributed by atoms with van der Waals surface area (Å²) < 4.78 is 43.1. The summed E-state index contributed by atoms with van der Waals surface area (Å²) >= 11 is 12.1. The average Bonchev–Trinajstić information content (AvgIpc) is 3.20. The number of anilines is 2. The third-order valence-corrected chi connectivity index (χ3v) is 6.49. The molecule has 1 aliphatic heterocycles. The number of amides is 1. The Morgan fingerprint density at radius 1 is 1.09 bits per heavy atom. The highest BCUT2D eigenvalue weighted by Gasteiger charge is 2.59. The van der Waals surface area contributed by atoms with E-state index in [1.54, 1.807) is 17.9 Å². The molecule has 0 aromatic heterocycles. The lowest BCUT2D eigenvalue weighted by molar-refractivity contribution is -0.184. The molecule has 1 aliphatic rings. The fraction of sp³-hybridized carbons (Fsp3) is 0.292. The van der Waals surface area contributed by atoms with Crippen molar-refractivity contribution in [1.82, 2.24) is 0 Å². The number of hydrogen-bond donors (Lipinski definition) is 1. The maximum atomic E-state index is 14.4. The SMILES string of the molecule is CCC(=O)Nc1cccc2cc(N3CCC(c4cc(Cl)cc(Cl)c4)(C(F)(F)F)C3)ccc12. The van der Waals surface area contributed by atoms with Crippen LogP contribution in [0.3, 0.4) is 0 Å². The maximum absolute atomic E-state index is 14.4. The van der Waals surface area contributed by atoms with Crippen LogP contribution in [-0.4, -0.2) is 25.2 Å². The van der Waals surface area contributed by atoms with Gasteiger partial charge in [-0.1, -0.05) is 48.3 Å². The summed E-state index contributed by atoms with van der Waals surface area (Å²) in [5.41, 5.74) is -0.612. The van der Waals surface area contributed by atoms with E-state index in [1.165, 1.54) is 18.2 Å². The molecule has 0 radical (unpaired) electrons. The number of nitrogens with one attached hydrogen (secondary N) is 1. The Bertz CT molecular complexity index is 1160. The molecule has 3 nitrogen and oxygen atoms in total. The molecule has 1 fully saturated rings. The quantitative estimate of drug-likeness (QED) is 0.427. The number of fused-ring (bicyclic) bond motifs is 1. The second kappa shape index (κ2) is 8.49. The summed E-state index contributed by atoms with van der Waals surface area (Å²) in [6.07, 6.45) is -4.21. The molecule has 1 unspecified atom stereocenters. The van der Waals surface area contributed by atoms with Crippen molar-refractivity contribution in [2.45, 2.75) is 31.4 Å². The van der Waals surface area contributed by atoms with Gasteiger partial charge in [-0.2, -0.15) is 13.2 Å². The molecule has 1 N–H and O–H groups in total. The fourth-order valence-electron chi connectivity index (χ4n) is 4.31. The second-order valence-corrected chi connectivity index (χ2v) is 8.90. The Balaban J connectivity index is 1.70. The first kappa shape index (κ1) is 22.7. The van der Waals surface area contributed by atoms with Crippen LogP contribution < -0.4 is 10.2 Å². The summed E-state index contributed by atoms with van der Waals surface area (Å²) in [7, 11) is 0. The van der Waals surface area contributed by atoms with E-state index in [0.29, 0.717) is 17.8 Å². The van der Waals surface area contributed by atoms with Gasteiger partial charge in [0, 0.05) is 46.3 Å². The van der Waals surface area contributed by atoms with Gasteiger partial charge in [-0.15, -0.1) is 0 Å². The van der Waals surface area contributed by atoms with Gasteiger partial charge in [0.2, 0.25) is 5.91 Å². The highest BCUT2D eigenvalue weighted by Crippen LogP contribution is 2.49. The van der Waals surface area contributed by atoms with Crippen molar-refractivity contribution in [1.29, 1.82) is 0 Å². The number of hydrogen-bond acceptors (Lipinski definition) is 2. The van der Waals surface area contributed by atoms with Crippen molar-refractivity contribution in [2.75, 3.05) is 23.3 Å². The van der Waals surface area contributed by atoms with E-state index in [2.05, 4.69) is 5.32 Å². The molecule has 0 bridgehead atoms. The molecule has 3 aromatic rings. The van der Waals surface area contributed by atoms with Crippen molar-refractivity contribution in [3.05, 3.63) is 70.2 Å². The van der Waals surface area contributed by atoms with Crippen molar-refractivity contribution < 1.29 is 18.0 Å². The van der Waals surface area contributed by atoms with Gasteiger partial charge >= 0.3 is 6.18 Å². The van der Waals surface area contributed by atoms with E-state index in [4.69, 9.17) is 23.2 Å². The Morgan fingerprint density at radius 2 is 1.81 bits per heavy atom. The number of halogens is 5. The monoisotopic (exact) mass is 480 g/mol. The first-order valence-corrected chi connectivity index (χ1v) is 11.0. The van der Waals surface area contributed by atoms with Crippen LogP contribution in [-0.2, 0) is 10.2 Å². The van der Waals surface area contributed by atoms with Crippen LogP contribution >= 0.6 is 23.2 Å². The molecule has 0 saturated carbocycles. The van der Waals surface area contributed by atoms with Gasteiger partial charge in [-0.3, -0.25) is 4.79 Å². The van der Waals surface area contributed by atoms with E-state index < -0.39 is 11.6 Å². The topological polar surface area (TPSA) is 32.3 Å². The number of alkyl halides is 3. The standard InChI is InChI=1S/C24H21Cl2F3N2O/c1-2-22(32)30-21-5-3-4-15-10-19(6-7-20(15)21)31-9-8-23(14-31,24(27,28)29)16-11-17(25)13-18(26)12-16/h3-7,10-13H,2,8-9,14H2,1H3,(H,30,32). The summed E-state index contributed by atoms with van der Waals surface area (Å²) in [4.78, 5) is 13.5. The highest BCUT2D eigenvalue weighted by atomic mass is 35.5. The Kier molecular flexibility index (Phi) is 6.03. The van der Waals surface area contributed by atoms with Crippen molar-refractivity contribution in [3.63, 3.8) is 0 Å². The van der Waals surface area contributed by atoms with Crippen molar-refractivity contribution in [2.24, 2.45) is 0 Å². The van der Waals surface area contributed by atoms with Gasteiger partial charge in [-0.25, -0.2) is 0 Å². The number of nitrogens with zero attached hydrogens (tertiary/aromatic N) is 1. The first-order chi connectivity index (χ1) is 15.1. The smallest absolute Gasteiger partial charge is 0.370 e. The lowest BCUT2D eigenvalue weighted by atomic mass is 9.79. The highest BCUT2D eigenvalue weighted by molar-refractivity contribution is 6.34. The van der Waals surface area contributed by atoms with Crippen LogP contribution in [0, 0.1) is 0 Å². The van der Waals surface area contributed by atoms with E-state index in [-0.39, 0.29) is 41.0 Å². The Hall–Kier alpha value is -2.44. The summed E-state index contributed by atoms with van der Waals surface area (Å²) in [6, 6.07) is 15.1. The summed E-state index contributed by atoms with van der Waals surface area (Å²) in [5.74, 6) is -0.101. The maximum Gasteiger partial charge on any atom is 0.400 e. The summed E-state index contributed by atoms with van der Waals surface area (Å²) in [5, 5.41) is 4.90. The van der Waals surface area contributed by atoms with Crippen LogP contribution in [0.25, 0.3) is 10.8 Å². The fourth-order valence-corrected chi connectivity index (χ4v) is 4.83. The molecule has 1 heterocycles. The number of benzene rings is 3. The van der Waals surface area contributed by atoms with Gasteiger partial charge in [0.1, 0.15) is 5.41 Å². The van der Waals surface area contributed by atoms with Gasteiger partial charge in [-0.05, 0) is 53.8 Å². The van der Waals surface area contributed by atoms with Crippen molar-refractivity contribution >= 4 is 51.3 Å². The van der Waals surface area contributed by atoms with Gasteiger partial charge in [0.15, 0.2) is 0 Å². The molecule has 1 atom stereocenters. The Morgan fingerprint density at radius 3 is 2.47 bits per heavy atom. The molecular weight excluding hydrogens is 460 g/mol. The predicted molar refractivity (Wildman–Crippen MR) is 124 cm³/mol. The van der Waals surface area contributed by atoms with Gasteiger partial charge < -0.3 is 10.2 Å². The minimum absolute atomic E-state index is 0.0790. The third kappa shape index (κ3) is 4.14. The van der Waals surface area contributed by atoms with Crippen LogP contribution in [0.1, 0.15) is 25.3 Å². The largest absolute Gasteiger partial charge is 0.400 e. The minimum atomic E-state index is -4.47. The molecule has 32 heavy (non-hydrogen) atoms. The third-order valence-electron chi connectivity index (χ3n) is 6.05. The number of carbonyl (C=O) groups is 1. The van der Waals surface area contributed by atoms with E-state index in [0.717, 1.165) is 10.8 Å². The molecule has 1 amide bonds. The Labute approximate surface area is 194 Å². The van der Waals surface area contributed by atoms with Gasteiger partial charge in [0.25, 0.3) is 0 Å². The zero-order valence-electron chi connectivity index (χ0n) is 17.3. The lowest BCUT2D eigenvalue weighted by Crippen LogP contribution is -2.44. The number of carbonyl (C=O) groups excluding carboxylic acids is 1. The van der Waals surface area contributed by atoms with Crippen LogP contribution in [0.5, 0.6) is 0 Å². The summed E-state index contributed by atoms with van der Waals surface area (Å²) in [6.45, 7) is 1.78. The average molecular weight is 481 g/mol. The molecule has 168 valence electrons. The first-order valence-electron chi connectivity index (χ1n) is 10.2. The normalized spacial score (nSPS) is 18.9. The second-order valence-electron chi connectivity index (χ2n) is 8.02. The van der Waals surface area contributed by atoms with Crippen LogP contribution in [0.4, 0.5) is 24.5 Å². The zero-order chi connectivity index (χ0) is 23.1. The lowest BCUT2D eigenvalue weighted by Gasteiger charge is -2.33. The molecule has 4 rings (SSSR count). The molecule has 0 spiro atoms. The predicted octanol–water partition coefficient (Wildman–Crippen LogP) is 7.21. The molecular formula is C24H21Cl2F3N2O. The van der Waals surface area contributed by atoms with Crippen LogP contribution in [0.15, 0.2) is 54.6 Å². The van der Waals surface area contributed by atoms with E-state index >= 15 is 0 Å². The minimum Gasteiger partial charge on any atom is -0.370 e. The molecule has 8 heteroatoms. The molecule has 1 saturated heterocycles. The van der Waals surface area contributed by atoms with Crippen LogP contribution in [0.2, 0.25) is 10.0 Å². The zero-order valence-corrected chi connectivity index (χ0v) is 18.8.